The number of nitrogens with one attached hydrogen (secondary N) is 1. The predicted octanol–water partition coefficient (Wildman–Crippen LogP) is 4.11. The number of fused-ring (bicyclic) bond motifs is 1. The summed E-state index contributed by atoms with van der Waals surface area (Å²) >= 11 is 0. The summed E-state index contributed by atoms with van der Waals surface area (Å²) in [7, 11) is 1.37. The summed E-state index contributed by atoms with van der Waals surface area (Å²) in [4.78, 5) is 24.4. The minimum absolute atomic E-state index is 0.0285. The normalized spacial score (nSPS) is 12.5. The highest BCUT2D eigenvalue weighted by atomic mass is 19.3. The van der Waals surface area contributed by atoms with Gasteiger partial charge >= 0.3 is 6.61 Å². The standard InChI is InChI=1S/C23H25F2NO4/c1-29-21-13-15(5-9-20(21)30-23(24)25)11-12-26-22(28)10-8-19(27)18-7-6-16-3-2-4-17(16)14-18/h5-7,9,13-14,23H,2-4,8,10-12H2,1H3,(H,26,28). The van der Waals surface area contributed by atoms with Crippen molar-refractivity contribution in [2.75, 3.05) is 13.7 Å². The van der Waals surface area contributed by atoms with Crippen molar-refractivity contribution in [1.82, 2.24) is 5.32 Å². The van der Waals surface area contributed by atoms with E-state index >= 15 is 0 Å². The van der Waals surface area contributed by atoms with Crippen LogP contribution in [0.3, 0.4) is 0 Å². The highest BCUT2D eigenvalue weighted by Gasteiger charge is 2.15. The third-order valence-electron chi connectivity index (χ3n) is 5.18. The van der Waals surface area contributed by atoms with E-state index in [2.05, 4.69) is 10.1 Å². The first-order chi connectivity index (χ1) is 14.5. The zero-order valence-electron chi connectivity index (χ0n) is 16.9. The molecule has 7 heteroatoms. The van der Waals surface area contributed by atoms with Crippen molar-refractivity contribution in [1.29, 1.82) is 0 Å². The van der Waals surface area contributed by atoms with Gasteiger partial charge in [-0.05, 0) is 60.6 Å². The molecule has 0 atom stereocenters. The van der Waals surface area contributed by atoms with Gasteiger partial charge in [0.25, 0.3) is 0 Å². The van der Waals surface area contributed by atoms with Gasteiger partial charge in [-0.15, -0.1) is 0 Å². The van der Waals surface area contributed by atoms with Crippen LogP contribution in [-0.4, -0.2) is 32.0 Å². The zero-order valence-corrected chi connectivity index (χ0v) is 16.9. The Labute approximate surface area is 174 Å². The quantitative estimate of drug-likeness (QED) is 0.591. The van der Waals surface area contributed by atoms with Crippen LogP contribution in [0.5, 0.6) is 11.5 Å². The van der Waals surface area contributed by atoms with Gasteiger partial charge in [-0.3, -0.25) is 9.59 Å². The van der Waals surface area contributed by atoms with Crippen LogP contribution in [-0.2, 0) is 24.1 Å². The van der Waals surface area contributed by atoms with Crippen LogP contribution in [0.15, 0.2) is 36.4 Å². The van der Waals surface area contributed by atoms with Crippen LogP contribution in [0.2, 0.25) is 0 Å². The Morgan fingerprint density at radius 2 is 1.83 bits per heavy atom. The van der Waals surface area contributed by atoms with Crippen molar-refractivity contribution in [3.8, 4) is 11.5 Å². The second kappa shape index (κ2) is 10.2. The first-order valence-electron chi connectivity index (χ1n) is 9.99. The van der Waals surface area contributed by atoms with E-state index in [-0.39, 0.29) is 36.0 Å². The fraction of sp³-hybridized carbons (Fsp3) is 0.391. The minimum atomic E-state index is -2.93. The largest absolute Gasteiger partial charge is 0.493 e. The third kappa shape index (κ3) is 5.78. The van der Waals surface area contributed by atoms with Gasteiger partial charge in [0.05, 0.1) is 7.11 Å². The molecule has 30 heavy (non-hydrogen) atoms. The highest BCUT2D eigenvalue weighted by molar-refractivity contribution is 5.98. The Hall–Kier alpha value is -2.96. The Morgan fingerprint density at radius 1 is 1.03 bits per heavy atom. The molecule has 0 spiro atoms. The van der Waals surface area contributed by atoms with Crippen LogP contribution in [0, 0.1) is 0 Å². The molecule has 0 saturated heterocycles. The SMILES string of the molecule is COc1cc(CCNC(=O)CCC(=O)c2ccc3c(c2)CCC3)ccc1OC(F)F. The summed E-state index contributed by atoms with van der Waals surface area (Å²) < 4.78 is 34.2. The average molecular weight is 417 g/mol. The predicted molar refractivity (Wildman–Crippen MR) is 108 cm³/mol. The molecule has 0 saturated carbocycles. The van der Waals surface area contributed by atoms with Gasteiger partial charge in [0.15, 0.2) is 17.3 Å². The summed E-state index contributed by atoms with van der Waals surface area (Å²) in [6.07, 6.45) is 3.99. The molecule has 5 nitrogen and oxygen atoms in total. The molecule has 0 aromatic heterocycles. The molecule has 0 fully saturated rings. The molecular formula is C23H25F2NO4. The van der Waals surface area contributed by atoms with E-state index in [1.54, 1.807) is 12.1 Å². The molecule has 2 aromatic carbocycles. The molecular weight excluding hydrogens is 392 g/mol. The Kier molecular flexibility index (Phi) is 7.38. The Balaban J connectivity index is 1.43. The van der Waals surface area contributed by atoms with E-state index in [1.165, 1.54) is 24.3 Å². The van der Waals surface area contributed by atoms with Gasteiger partial charge in [-0.25, -0.2) is 0 Å². The van der Waals surface area contributed by atoms with Gasteiger partial charge in [-0.2, -0.15) is 8.78 Å². The number of hydrogen-bond acceptors (Lipinski definition) is 4. The molecule has 1 amide bonds. The van der Waals surface area contributed by atoms with Crippen LogP contribution in [0.25, 0.3) is 0 Å². The smallest absolute Gasteiger partial charge is 0.387 e. The van der Waals surface area contributed by atoms with Gasteiger partial charge in [0.1, 0.15) is 0 Å². The van der Waals surface area contributed by atoms with E-state index in [0.717, 1.165) is 24.8 Å². The van der Waals surface area contributed by atoms with Crippen molar-refractivity contribution in [3.05, 3.63) is 58.7 Å². The van der Waals surface area contributed by atoms with Crippen molar-refractivity contribution in [2.24, 2.45) is 0 Å². The zero-order chi connectivity index (χ0) is 21.5. The van der Waals surface area contributed by atoms with Crippen molar-refractivity contribution in [3.63, 3.8) is 0 Å². The number of halogens is 2. The highest BCUT2D eigenvalue weighted by Crippen LogP contribution is 2.29. The van der Waals surface area contributed by atoms with E-state index in [9.17, 15) is 18.4 Å². The summed E-state index contributed by atoms with van der Waals surface area (Å²) in [6, 6.07) is 10.5. The van der Waals surface area contributed by atoms with Crippen molar-refractivity contribution in [2.45, 2.75) is 45.1 Å². The number of rotatable bonds is 10. The number of hydrogen-bond donors (Lipinski definition) is 1. The third-order valence-corrected chi connectivity index (χ3v) is 5.18. The van der Waals surface area contributed by atoms with E-state index in [0.29, 0.717) is 18.5 Å². The molecule has 0 aliphatic heterocycles. The second-order valence-electron chi connectivity index (χ2n) is 7.22. The van der Waals surface area contributed by atoms with E-state index in [4.69, 9.17) is 4.74 Å². The number of ketones is 1. The summed E-state index contributed by atoms with van der Waals surface area (Å²) in [5.74, 6) is -0.0576. The lowest BCUT2D eigenvalue weighted by Crippen LogP contribution is -2.26. The molecule has 3 rings (SSSR count). The number of ether oxygens (including phenoxy) is 2. The lowest BCUT2D eigenvalue weighted by Gasteiger charge is -2.11. The average Bonchev–Trinajstić information content (AvgIpc) is 3.20. The van der Waals surface area contributed by atoms with Crippen molar-refractivity contribution < 1.29 is 27.8 Å². The molecule has 0 heterocycles. The number of carbonyl (C=O) groups excluding carboxylic acids is 2. The van der Waals surface area contributed by atoms with Crippen LogP contribution in [0.4, 0.5) is 8.78 Å². The summed E-state index contributed by atoms with van der Waals surface area (Å²) in [6.45, 7) is -2.56. The first kappa shape index (κ1) is 21.7. The fourth-order valence-corrected chi connectivity index (χ4v) is 3.61. The van der Waals surface area contributed by atoms with E-state index < -0.39 is 6.61 Å². The molecule has 0 bridgehead atoms. The second-order valence-corrected chi connectivity index (χ2v) is 7.22. The number of benzene rings is 2. The molecule has 1 aliphatic carbocycles. The first-order valence-corrected chi connectivity index (χ1v) is 9.99. The number of amides is 1. The van der Waals surface area contributed by atoms with Crippen LogP contribution >= 0.6 is 0 Å². The van der Waals surface area contributed by atoms with Gasteiger partial charge in [-0.1, -0.05) is 18.2 Å². The van der Waals surface area contributed by atoms with Crippen LogP contribution in [0.1, 0.15) is 46.3 Å². The molecule has 1 N–H and O–H groups in total. The number of Topliss-reactive ketones (excluding diaryl/α,β-unsaturated/α-hetero) is 1. The maximum absolute atomic E-state index is 12.4. The minimum Gasteiger partial charge on any atom is -0.493 e. The maximum atomic E-state index is 12.4. The molecule has 160 valence electrons. The van der Waals surface area contributed by atoms with Gasteiger partial charge in [0.2, 0.25) is 5.91 Å². The topological polar surface area (TPSA) is 64.6 Å². The molecule has 0 unspecified atom stereocenters. The Bertz CT molecular complexity index is 914. The van der Waals surface area contributed by atoms with Gasteiger partial charge < -0.3 is 14.8 Å². The monoisotopic (exact) mass is 417 g/mol. The lowest BCUT2D eigenvalue weighted by molar-refractivity contribution is -0.121. The molecule has 0 radical (unpaired) electrons. The maximum Gasteiger partial charge on any atom is 0.387 e. The van der Waals surface area contributed by atoms with Crippen molar-refractivity contribution >= 4 is 11.7 Å². The fourth-order valence-electron chi connectivity index (χ4n) is 3.61. The van der Waals surface area contributed by atoms with Gasteiger partial charge in [0, 0.05) is 24.9 Å². The molecule has 1 aliphatic rings. The number of alkyl halides is 2. The number of aryl methyl sites for hydroxylation is 2. The number of carbonyl (C=O) groups is 2. The Morgan fingerprint density at radius 3 is 2.60 bits per heavy atom. The van der Waals surface area contributed by atoms with E-state index in [1.807, 2.05) is 18.2 Å². The molecule has 2 aromatic rings. The lowest BCUT2D eigenvalue weighted by atomic mass is 10.0. The summed E-state index contributed by atoms with van der Waals surface area (Å²) in [5, 5.41) is 2.78. The summed E-state index contributed by atoms with van der Waals surface area (Å²) in [5.41, 5.74) is 4.03. The van der Waals surface area contributed by atoms with Crippen LogP contribution < -0.4 is 14.8 Å². The number of methoxy groups -OCH3 is 1.